The summed E-state index contributed by atoms with van der Waals surface area (Å²) in [6.07, 6.45) is 9.62. The lowest BCUT2D eigenvalue weighted by Crippen LogP contribution is -2.42. The van der Waals surface area contributed by atoms with Gasteiger partial charge in [-0.15, -0.1) is 0 Å². The molecule has 3 aliphatic rings. The van der Waals surface area contributed by atoms with Crippen molar-refractivity contribution in [3.8, 4) is 0 Å². The average Bonchev–Trinajstić information content (AvgIpc) is 2.86. The minimum absolute atomic E-state index is 0.0894. The van der Waals surface area contributed by atoms with E-state index >= 15 is 0 Å². The Morgan fingerprint density at radius 3 is 2.50 bits per heavy atom. The fraction of sp³-hybridized carbons (Fsp3) is 1.00. The van der Waals surface area contributed by atoms with Gasteiger partial charge in [-0.2, -0.15) is 0 Å². The molecule has 3 rings (SSSR count). The third-order valence-corrected chi connectivity index (χ3v) is 5.34. The van der Waals surface area contributed by atoms with Gasteiger partial charge >= 0.3 is 0 Å². The van der Waals surface area contributed by atoms with Gasteiger partial charge in [0.2, 0.25) is 0 Å². The molecule has 0 amide bonds. The van der Waals surface area contributed by atoms with E-state index in [0.29, 0.717) is 18.3 Å². The van der Waals surface area contributed by atoms with Crippen LogP contribution in [0.5, 0.6) is 0 Å². The van der Waals surface area contributed by atoms with Crippen molar-refractivity contribution >= 4 is 0 Å². The van der Waals surface area contributed by atoms with Gasteiger partial charge < -0.3 is 19.1 Å². The topological polar surface area (TPSA) is 30.9 Å². The molecule has 3 heterocycles. The van der Waals surface area contributed by atoms with Crippen LogP contribution in [0.15, 0.2) is 0 Å². The smallest absolute Gasteiger partial charge is 0.0808 e. The van der Waals surface area contributed by atoms with Gasteiger partial charge in [-0.1, -0.05) is 0 Å². The van der Waals surface area contributed by atoms with Gasteiger partial charge in [0, 0.05) is 26.2 Å². The van der Waals surface area contributed by atoms with Crippen LogP contribution in [0.1, 0.15) is 58.8 Å². The van der Waals surface area contributed by atoms with E-state index in [1.54, 1.807) is 0 Å². The van der Waals surface area contributed by atoms with Crippen LogP contribution in [-0.2, 0) is 14.2 Å². The first-order valence-corrected chi connectivity index (χ1v) is 9.24. The Morgan fingerprint density at radius 1 is 1.05 bits per heavy atom. The van der Waals surface area contributed by atoms with Gasteiger partial charge in [0.15, 0.2) is 0 Å². The average molecular weight is 311 g/mol. The van der Waals surface area contributed by atoms with E-state index in [-0.39, 0.29) is 5.60 Å². The second-order valence-corrected chi connectivity index (χ2v) is 7.86. The van der Waals surface area contributed by atoms with Crippen molar-refractivity contribution in [2.24, 2.45) is 0 Å². The zero-order valence-electron chi connectivity index (χ0n) is 14.4. The molecular weight excluding hydrogens is 278 g/mol. The lowest BCUT2D eigenvalue weighted by molar-refractivity contribution is -0.0795. The number of ether oxygens (including phenoxy) is 3. The molecule has 3 fully saturated rings. The fourth-order valence-corrected chi connectivity index (χ4v) is 3.93. The molecule has 0 aromatic rings. The molecule has 3 saturated heterocycles. The molecular formula is C18H33NO3. The van der Waals surface area contributed by atoms with Crippen molar-refractivity contribution in [3.05, 3.63) is 0 Å². The molecule has 22 heavy (non-hydrogen) atoms. The van der Waals surface area contributed by atoms with E-state index in [1.807, 2.05) is 0 Å². The van der Waals surface area contributed by atoms with Crippen LogP contribution in [0.25, 0.3) is 0 Å². The minimum Gasteiger partial charge on any atom is -0.376 e. The Hall–Kier alpha value is -0.160. The quantitative estimate of drug-likeness (QED) is 0.781. The molecule has 0 bridgehead atoms. The maximum Gasteiger partial charge on any atom is 0.0808 e. The lowest BCUT2D eigenvalue weighted by atomic mass is 10.0. The molecule has 128 valence electrons. The van der Waals surface area contributed by atoms with Crippen LogP contribution >= 0.6 is 0 Å². The Kier molecular flexibility index (Phi) is 5.77. The normalized spacial score (nSPS) is 34.1. The SMILES string of the molecule is CC1(C)CC[C@@H](CN2CCC(OC[C@@H]3CCCCO3)CC2)O1. The summed E-state index contributed by atoms with van der Waals surface area (Å²) in [4.78, 5) is 2.56. The number of hydrogen-bond acceptors (Lipinski definition) is 4. The van der Waals surface area contributed by atoms with E-state index in [4.69, 9.17) is 14.2 Å². The van der Waals surface area contributed by atoms with Crippen LogP contribution < -0.4 is 0 Å². The van der Waals surface area contributed by atoms with Crippen LogP contribution in [0, 0.1) is 0 Å². The monoisotopic (exact) mass is 311 g/mol. The Labute approximate surface area is 135 Å². The second-order valence-electron chi connectivity index (χ2n) is 7.86. The summed E-state index contributed by atoms with van der Waals surface area (Å²) < 4.78 is 18.0. The summed E-state index contributed by atoms with van der Waals surface area (Å²) in [7, 11) is 0. The van der Waals surface area contributed by atoms with Gasteiger partial charge in [0.1, 0.15) is 0 Å². The highest BCUT2D eigenvalue weighted by Crippen LogP contribution is 2.30. The number of likely N-dealkylation sites (tertiary alicyclic amines) is 1. The molecule has 0 spiro atoms. The van der Waals surface area contributed by atoms with E-state index < -0.39 is 0 Å². The van der Waals surface area contributed by atoms with Crippen molar-refractivity contribution < 1.29 is 14.2 Å². The lowest BCUT2D eigenvalue weighted by Gasteiger charge is -2.34. The largest absolute Gasteiger partial charge is 0.376 e. The van der Waals surface area contributed by atoms with E-state index in [0.717, 1.165) is 45.7 Å². The standard InChI is InChI=1S/C18H33NO3/c1-18(2)9-6-16(22-18)13-19-10-7-15(8-11-19)21-14-17-5-3-4-12-20-17/h15-17H,3-14H2,1-2H3/t16-,17-/m0/s1. The molecule has 0 saturated carbocycles. The Morgan fingerprint density at radius 2 is 1.86 bits per heavy atom. The number of nitrogens with zero attached hydrogens (tertiary/aromatic N) is 1. The Bertz CT molecular complexity index is 333. The van der Waals surface area contributed by atoms with Crippen LogP contribution in [0.3, 0.4) is 0 Å². The minimum atomic E-state index is 0.0894. The van der Waals surface area contributed by atoms with Crippen molar-refractivity contribution in [2.45, 2.75) is 82.7 Å². The molecule has 4 nitrogen and oxygen atoms in total. The zero-order valence-corrected chi connectivity index (χ0v) is 14.4. The molecule has 4 heteroatoms. The summed E-state index contributed by atoms with van der Waals surface area (Å²) in [5, 5.41) is 0. The first kappa shape index (κ1) is 16.7. The maximum atomic E-state index is 6.12. The first-order chi connectivity index (χ1) is 10.6. The molecule has 0 unspecified atom stereocenters. The number of piperidine rings is 1. The maximum absolute atomic E-state index is 6.12. The zero-order chi connectivity index (χ0) is 15.4. The third-order valence-electron chi connectivity index (χ3n) is 5.34. The van der Waals surface area contributed by atoms with Crippen LogP contribution in [0.2, 0.25) is 0 Å². The molecule has 2 atom stereocenters. The van der Waals surface area contributed by atoms with Gasteiger partial charge in [-0.25, -0.2) is 0 Å². The highest BCUT2D eigenvalue weighted by molar-refractivity contribution is 4.84. The van der Waals surface area contributed by atoms with Crippen LogP contribution in [-0.4, -0.2) is 61.7 Å². The van der Waals surface area contributed by atoms with E-state index in [1.165, 1.54) is 32.1 Å². The van der Waals surface area contributed by atoms with E-state index in [2.05, 4.69) is 18.7 Å². The Balaban J connectivity index is 1.30. The van der Waals surface area contributed by atoms with Gasteiger partial charge in [0.25, 0.3) is 0 Å². The van der Waals surface area contributed by atoms with Crippen LogP contribution in [0.4, 0.5) is 0 Å². The van der Waals surface area contributed by atoms with Gasteiger partial charge in [-0.05, 0) is 58.8 Å². The van der Waals surface area contributed by atoms with E-state index in [9.17, 15) is 0 Å². The summed E-state index contributed by atoms with van der Waals surface area (Å²) in [6.45, 7) is 9.53. The summed E-state index contributed by atoms with van der Waals surface area (Å²) in [5.74, 6) is 0. The number of rotatable bonds is 5. The van der Waals surface area contributed by atoms with Crippen molar-refractivity contribution in [2.75, 3.05) is 32.8 Å². The highest BCUT2D eigenvalue weighted by atomic mass is 16.5. The van der Waals surface area contributed by atoms with Gasteiger partial charge in [0.05, 0.1) is 30.5 Å². The predicted octanol–water partition coefficient (Wildman–Crippen LogP) is 2.99. The fourth-order valence-electron chi connectivity index (χ4n) is 3.93. The molecule has 0 aromatic heterocycles. The molecule has 0 N–H and O–H groups in total. The summed E-state index contributed by atoms with van der Waals surface area (Å²) in [5.41, 5.74) is 0.0894. The molecule has 0 aliphatic carbocycles. The van der Waals surface area contributed by atoms with Crippen molar-refractivity contribution in [1.82, 2.24) is 4.90 Å². The summed E-state index contributed by atoms with van der Waals surface area (Å²) >= 11 is 0. The molecule has 3 aliphatic heterocycles. The van der Waals surface area contributed by atoms with Crippen molar-refractivity contribution in [1.29, 1.82) is 0 Å². The van der Waals surface area contributed by atoms with Crippen molar-refractivity contribution in [3.63, 3.8) is 0 Å². The number of hydrogen-bond donors (Lipinski definition) is 0. The molecule has 0 aromatic carbocycles. The third kappa shape index (κ3) is 4.92. The highest BCUT2D eigenvalue weighted by Gasteiger charge is 2.33. The first-order valence-electron chi connectivity index (χ1n) is 9.24. The molecule has 0 radical (unpaired) electrons. The summed E-state index contributed by atoms with van der Waals surface area (Å²) in [6, 6.07) is 0. The predicted molar refractivity (Wildman–Crippen MR) is 87.2 cm³/mol. The second kappa shape index (κ2) is 7.61. The van der Waals surface area contributed by atoms with Gasteiger partial charge in [-0.3, -0.25) is 0 Å².